The van der Waals surface area contributed by atoms with E-state index in [0.29, 0.717) is 23.8 Å². The highest BCUT2D eigenvalue weighted by molar-refractivity contribution is 5.93. The van der Waals surface area contributed by atoms with Gasteiger partial charge in [0.15, 0.2) is 5.58 Å². The Morgan fingerprint density at radius 3 is 3.12 bits per heavy atom. The SMILES string of the molecule is CCC(C)COC(=O)c1cc2occc2[nH]1. The van der Waals surface area contributed by atoms with Crippen molar-refractivity contribution in [2.75, 3.05) is 6.61 Å². The molecule has 1 N–H and O–H groups in total. The molecule has 2 rings (SSSR count). The molecule has 0 radical (unpaired) electrons. The average molecular weight is 221 g/mol. The minimum Gasteiger partial charge on any atom is -0.463 e. The van der Waals surface area contributed by atoms with Crippen molar-refractivity contribution < 1.29 is 13.9 Å². The van der Waals surface area contributed by atoms with Crippen molar-refractivity contribution in [3.8, 4) is 0 Å². The summed E-state index contributed by atoms with van der Waals surface area (Å²) in [7, 11) is 0. The summed E-state index contributed by atoms with van der Waals surface area (Å²) in [6, 6.07) is 3.44. The molecule has 2 heterocycles. The number of hydrogen-bond acceptors (Lipinski definition) is 3. The van der Waals surface area contributed by atoms with E-state index in [-0.39, 0.29) is 5.97 Å². The van der Waals surface area contributed by atoms with Crippen LogP contribution in [0.15, 0.2) is 22.8 Å². The van der Waals surface area contributed by atoms with Crippen LogP contribution >= 0.6 is 0 Å². The summed E-state index contributed by atoms with van der Waals surface area (Å²) in [5.74, 6) is 0.0635. The first-order chi connectivity index (χ1) is 7.70. The Morgan fingerprint density at radius 1 is 1.62 bits per heavy atom. The first-order valence-electron chi connectivity index (χ1n) is 5.44. The molecule has 16 heavy (non-hydrogen) atoms. The summed E-state index contributed by atoms with van der Waals surface area (Å²) in [5.41, 5.74) is 1.93. The molecule has 4 nitrogen and oxygen atoms in total. The van der Waals surface area contributed by atoms with E-state index < -0.39 is 0 Å². The van der Waals surface area contributed by atoms with Crippen LogP contribution in [-0.2, 0) is 4.74 Å². The average Bonchev–Trinajstić information content (AvgIpc) is 2.85. The third kappa shape index (κ3) is 2.10. The van der Waals surface area contributed by atoms with E-state index in [9.17, 15) is 4.79 Å². The summed E-state index contributed by atoms with van der Waals surface area (Å²) in [6.07, 6.45) is 2.58. The number of carbonyl (C=O) groups is 1. The summed E-state index contributed by atoms with van der Waals surface area (Å²) >= 11 is 0. The number of furan rings is 1. The molecule has 0 amide bonds. The maximum atomic E-state index is 11.6. The Kier molecular flexibility index (Phi) is 2.99. The standard InChI is InChI=1S/C12H15NO3/c1-3-8(2)7-16-12(14)10-6-11-9(13-10)4-5-15-11/h4-6,8,13H,3,7H2,1-2H3. The van der Waals surface area contributed by atoms with Crippen molar-refractivity contribution in [1.29, 1.82) is 0 Å². The van der Waals surface area contributed by atoms with Gasteiger partial charge in [-0.3, -0.25) is 0 Å². The number of nitrogens with one attached hydrogen (secondary N) is 1. The van der Waals surface area contributed by atoms with Gasteiger partial charge >= 0.3 is 5.97 Å². The molecule has 0 aliphatic rings. The number of H-pyrrole nitrogens is 1. The Hall–Kier alpha value is -1.71. The fraction of sp³-hybridized carbons (Fsp3) is 0.417. The van der Waals surface area contributed by atoms with Crippen LogP contribution in [0.5, 0.6) is 0 Å². The molecule has 1 atom stereocenters. The van der Waals surface area contributed by atoms with Gasteiger partial charge in [-0.1, -0.05) is 20.3 Å². The lowest BCUT2D eigenvalue weighted by Gasteiger charge is -2.08. The number of aromatic amines is 1. The van der Waals surface area contributed by atoms with E-state index in [0.717, 1.165) is 11.9 Å². The topological polar surface area (TPSA) is 55.2 Å². The van der Waals surface area contributed by atoms with Crippen LogP contribution in [-0.4, -0.2) is 17.6 Å². The van der Waals surface area contributed by atoms with Gasteiger partial charge in [0, 0.05) is 12.1 Å². The number of esters is 1. The van der Waals surface area contributed by atoms with Crippen LogP contribution in [0.2, 0.25) is 0 Å². The number of ether oxygens (including phenoxy) is 1. The number of rotatable bonds is 4. The van der Waals surface area contributed by atoms with Gasteiger partial charge in [-0.15, -0.1) is 0 Å². The molecule has 0 bridgehead atoms. The van der Waals surface area contributed by atoms with Gasteiger partial charge in [0.1, 0.15) is 5.69 Å². The van der Waals surface area contributed by atoms with Crippen LogP contribution in [0.4, 0.5) is 0 Å². The zero-order valence-electron chi connectivity index (χ0n) is 9.45. The lowest BCUT2D eigenvalue weighted by atomic mass is 10.1. The van der Waals surface area contributed by atoms with Crippen molar-refractivity contribution in [1.82, 2.24) is 4.98 Å². The first-order valence-corrected chi connectivity index (χ1v) is 5.44. The van der Waals surface area contributed by atoms with E-state index >= 15 is 0 Å². The van der Waals surface area contributed by atoms with Crippen LogP contribution < -0.4 is 0 Å². The van der Waals surface area contributed by atoms with Crippen molar-refractivity contribution in [2.45, 2.75) is 20.3 Å². The summed E-state index contributed by atoms with van der Waals surface area (Å²) in [4.78, 5) is 14.6. The lowest BCUT2D eigenvalue weighted by Crippen LogP contribution is -2.11. The van der Waals surface area contributed by atoms with Gasteiger partial charge in [-0.25, -0.2) is 4.79 Å². The highest BCUT2D eigenvalue weighted by Crippen LogP contribution is 2.16. The number of aromatic nitrogens is 1. The lowest BCUT2D eigenvalue weighted by molar-refractivity contribution is 0.0441. The second-order valence-electron chi connectivity index (χ2n) is 3.99. The van der Waals surface area contributed by atoms with Gasteiger partial charge < -0.3 is 14.1 Å². The molecule has 0 aliphatic heterocycles. The van der Waals surface area contributed by atoms with Crippen molar-refractivity contribution in [3.05, 3.63) is 24.1 Å². The molecule has 2 aromatic heterocycles. The molecule has 0 aliphatic carbocycles. The number of carbonyl (C=O) groups excluding carboxylic acids is 1. The van der Waals surface area contributed by atoms with Crippen LogP contribution in [0.25, 0.3) is 11.1 Å². The molecule has 0 spiro atoms. The first kappa shape index (κ1) is 10.8. The van der Waals surface area contributed by atoms with Gasteiger partial charge in [-0.2, -0.15) is 0 Å². The van der Waals surface area contributed by atoms with Gasteiger partial charge in [0.2, 0.25) is 0 Å². The van der Waals surface area contributed by atoms with E-state index in [2.05, 4.69) is 11.9 Å². The summed E-state index contributed by atoms with van der Waals surface area (Å²) in [6.45, 7) is 4.57. The highest BCUT2D eigenvalue weighted by Gasteiger charge is 2.13. The van der Waals surface area contributed by atoms with Gasteiger partial charge in [0.25, 0.3) is 0 Å². The third-order valence-electron chi connectivity index (χ3n) is 2.66. The quantitative estimate of drug-likeness (QED) is 0.807. The molecule has 2 aromatic rings. The second-order valence-corrected chi connectivity index (χ2v) is 3.99. The number of fused-ring (bicyclic) bond motifs is 1. The molecule has 0 saturated carbocycles. The summed E-state index contributed by atoms with van der Waals surface area (Å²) < 4.78 is 10.3. The Bertz CT molecular complexity index is 455. The van der Waals surface area contributed by atoms with Crippen LogP contribution in [0.3, 0.4) is 0 Å². The predicted octanol–water partition coefficient (Wildman–Crippen LogP) is 2.96. The normalized spacial score (nSPS) is 12.9. The van der Waals surface area contributed by atoms with E-state index in [4.69, 9.17) is 9.15 Å². The van der Waals surface area contributed by atoms with Crippen molar-refractivity contribution >= 4 is 17.1 Å². The van der Waals surface area contributed by atoms with Crippen molar-refractivity contribution in [2.24, 2.45) is 5.92 Å². The Morgan fingerprint density at radius 2 is 2.44 bits per heavy atom. The van der Waals surface area contributed by atoms with E-state index in [1.807, 2.05) is 6.92 Å². The largest absolute Gasteiger partial charge is 0.463 e. The highest BCUT2D eigenvalue weighted by atomic mass is 16.5. The van der Waals surface area contributed by atoms with Crippen LogP contribution in [0, 0.1) is 5.92 Å². The zero-order valence-corrected chi connectivity index (χ0v) is 9.45. The van der Waals surface area contributed by atoms with Crippen molar-refractivity contribution in [3.63, 3.8) is 0 Å². The molecule has 86 valence electrons. The number of hydrogen-bond donors (Lipinski definition) is 1. The third-order valence-corrected chi connectivity index (χ3v) is 2.66. The molecular formula is C12H15NO3. The minimum absolute atomic E-state index is 0.327. The summed E-state index contributed by atoms with van der Waals surface area (Å²) in [5, 5.41) is 0. The molecule has 4 heteroatoms. The minimum atomic E-state index is -0.327. The molecule has 0 saturated heterocycles. The van der Waals surface area contributed by atoms with Gasteiger partial charge in [-0.05, 0) is 5.92 Å². The molecule has 0 fully saturated rings. The molecular weight excluding hydrogens is 206 g/mol. The zero-order chi connectivity index (χ0) is 11.5. The monoisotopic (exact) mass is 221 g/mol. The maximum Gasteiger partial charge on any atom is 0.354 e. The second kappa shape index (κ2) is 4.43. The molecule has 1 unspecified atom stereocenters. The Balaban J connectivity index is 2.02. The van der Waals surface area contributed by atoms with Gasteiger partial charge in [0.05, 0.1) is 18.4 Å². The van der Waals surface area contributed by atoms with E-state index in [1.54, 1.807) is 18.4 Å². The fourth-order valence-electron chi connectivity index (χ4n) is 1.37. The van der Waals surface area contributed by atoms with E-state index in [1.165, 1.54) is 0 Å². The molecule has 0 aromatic carbocycles. The smallest absolute Gasteiger partial charge is 0.354 e. The Labute approximate surface area is 93.6 Å². The van der Waals surface area contributed by atoms with Crippen LogP contribution in [0.1, 0.15) is 30.8 Å². The fourth-order valence-corrected chi connectivity index (χ4v) is 1.37. The predicted molar refractivity (Wildman–Crippen MR) is 60.3 cm³/mol. The maximum absolute atomic E-state index is 11.6.